The molecular formula is C120H127BBrN2O10S4. The monoisotopic (exact) mass is 1970 g/mol. The number of unbranched alkanes of at least 4 members (excludes halogenated alkanes) is 12. The number of methoxy groups -OCH3 is 2. The van der Waals surface area contributed by atoms with Crippen LogP contribution in [0.2, 0.25) is 0 Å². The number of carbonyl (C=O) groups is 2. The summed E-state index contributed by atoms with van der Waals surface area (Å²) in [5, 5.41) is 12.7. The lowest BCUT2D eigenvalue weighted by molar-refractivity contribution is -0.0893. The number of hydrogen-bond acceptors (Lipinski definition) is 16. The average Bonchev–Trinajstić information content (AvgIpc) is 1.31. The van der Waals surface area contributed by atoms with Crippen LogP contribution in [-0.2, 0) is 14.1 Å². The van der Waals surface area contributed by atoms with Gasteiger partial charge in [-0.3, -0.25) is 0 Å². The van der Waals surface area contributed by atoms with Gasteiger partial charge in [0.2, 0.25) is 0 Å². The summed E-state index contributed by atoms with van der Waals surface area (Å²) in [5.74, 6) is 3.09. The topological polar surface area (TPSA) is 125 Å². The van der Waals surface area contributed by atoms with Crippen LogP contribution >= 0.6 is 61.3 Å². The van der Waals surface area contributed by atoms with Crippen LogP contribution < -0.4 is 34.2 Å². The maximum absolute atomic E-state index is 12.2. The molecular weight excluding hydrogens is 1850 g/mol. The number of ether oxygens (including phenoxy) is 6. The normalized spacial score (nSPS) is 11.3. The van der Waals surface area contributed by atoms with Crippen LogP contribution in [0, 0.1) is 13.8 Å². The zero-order valence-electron chi connectivity index (χ0n) is 81.6. The first kappa shape index (κ1) is 102. The van der Waals surface area contributed by atoms with Gasteiger partial charge in [-0.1, -0.05) is 256 Å². The lowest BCUT2D eigenvalue weighted by Crippen LogP contribution is -2.49. The second-order valence-corrected chi connectivity index (χ2v) is 41.6. The molecule has 0 spiro atoms. The van der Waals surface area contributed by atoms with Gasteiger partial charge in [-0.25, -0.2) is 9.59 Å². The number of nitrogens with zero attached hydrogens (tertiary/aromatic N) is 2. The van der Waals surface area contributed by atoms with E-state index in [2.05, 4.69) is 346 Å². The Balaban J connectivity index is 0.000000185. The molecule has 0 fully saturated rings. The number of aryl methyl sites for hydroxylation is 2. The molecule has 1 radical (unpaired) electrons. The minimum Gasteiger partial charge on any atom is -0.494 e. The molecule has 4 aromatic heterocycles. The molecule has 12 aromatic carbocycles. The molecule has 12 nitrogen and oxygen atoms in total. The van der Waals surface area contributed by atoms with Gasteiger partial charge < -0.3 is 48.0 Å². The number of hydrogen-bond donors (Lipinski definition) is 1. The number of benzene rings is 12. The van der Waals surface area contributed by atoms with Crippen LogP contribution in [-0.4, -0.2) is 76.4 Å². The largest absolute Gasteiger partial charge is 0.494 e. The first-order valence-corrected chi connectivity index (χ1v) is 52.6. The van der Waals surface area contributed by atoms with Gasteiger partial charge in [0.1, 0.15) is 32.8 Å². The van der Waals surface area contributed by atoms with Crippen molar-refractivity contribution in [2.75, 3.05) is 50.4 Å². The molecule has 0 bridgehead atoms. The third-order valence-electron chi connectivity index (χ3n) is 25.0. The van der Waals surface area contributed by atoms with Crippen molar-refractivity contribution in [2.45, 2.75) is 183 Å². The van der Waals surface area contributed by atoms with E-state index in [1.54, 1.807) is 44.0 Å². The van der Waals surface area contributed by atoms with E-state index in [0.717, 1.165) is 189 Å². The van der Waals surface area contributed by atoms with E-state index in [1.807, 2.05) is 38.1 Å². The third kappa shape index (κ3) is 27.6. The molecule has 0 atom stereocenters. The van der Waals surface area contributed by atoms with E-state index in [4.69, 9.17) is 33.1 Å². The van der Waals surface area contributed by atoms with Crippen LogP contribution in [0.15, 0.2) is 307 Å². The molecule has 0 amide bonds. The Kier molecular flexibility index (Phi) is 37.1. The number of aliphatic hydroxyl groups is 1. The molecule has 1 N–H and O–H groups in total. The van der Waals surface area contributed by atoms with Crippen molar-refractivity contribution in [1.29, 1.82) is 0 Å². The summed E-state index contributed by atoms with van der Waals surface area (Å²) in [7, 11) is 4.56. The zero-order chi connectivity index (χ0) is 96.9. The van der Waals surface area contributed by atoms with Crippen LogP contribution in [0.25, 0.3) is 96.0 Å². The number of fused-ring (bicyclic) bond motifs is 2. The maximum atomic E-state index is 12.2. The number of rotatable bonds is 43. The van der Waals surface area contributed by atoms with Gasteiger partial charge in [-0.2, -0.15) is 0 Å². The summed E-state index contributed by atoms with van der Waals surface area (Å²) < 4.78 is 43.1. The molecule has 138 heavy (non-hydrogen) atoms. The smallest absolute Gasteiger partial charge is 0.348 e. The average molecular weight is 1980 g/mol. The predicted octanol–water partition coefficient (Wildman–Crippen LogP) is 34.8. The van der Waals surface area contributed by atoms with E-state index in [9.17, 15) is 14.7 Å². The summed E-state index contributed by atoms with van der Waals surface area (Å²) in [6.07, 6.45) is 19.1. The summed E-state index contributed by atoms with van der Waals surface area (Å²) in [6.45, 7) is 23.5. The van der Waals surface area contributed by atoms with Crippen LogP contribution in [0.3, 0.4) is 0 Å². The molecule has 0 saturated heterocycles. The Labute approximate surface area is 842 Å². The van der Waals surface area contributed by atoms with E-state index < -0.39 is 11.2 Å². The van der Waals surface area contributed by atoms with E-state index in [0.29, 0.717) is 9.75 Å². The van der Waals surface area contributed by atoms with Gasteiger partial charge in [0.15, 0.2) is 0 Å². The fourth-order valence-corrected chi connectivity index (χ4v) is 21.1. The Hall–Kier alpha value is -11.8. The lowest BCUT2D eigenvalue weighted by Gasteiger charge is -2.37. The van der Waals surface area contributed by atoms with Gasteiger partial charge in [0.05, 0.1) is 55.6 Å². The van der Waals surface area contributed by atoms with Crippen molar-refractivity contribution in [3.8, 4) is 98.8 Å². The van der Waals surface area contributed by atoms with E-state index >= 15 is 0 Å². The molecule has 0 saturated carbocycles. The van der Waals surface area contributed by atoms with Gasteiger partial charge in [-0.05, 0) is 324 Å². The van der Waals surface area contributed by atoms with E-state index in [1.165, 1.54) is 151 Å². The molecule has 711 valence electrons. The third-order valence-corrected chi connectivity index (χ3v) is 30.3. The highest BCUT2D eigenvalue weighted by molar-refractivity contribution is 9.11. The van der Waals surface area contributed by atoms with Crippen molar-refractivity contribution in [3.05, 3.63) is 328 Å². The van der Waals surface area contributed by atoms with Gasteiger partial charge in [0, 0.05) is 58.2 Å². The van der Waals surface area contributed by atoms with Gasteiger partial charge in [0.25, 0.3) is 0 Å². The Morgan fingerprint density at radius 3 is 0.884 bits per heavy atom. The first-order valence-electron chi connectivity index (χ1n) is 48.5. The predicted molar refractivity (Wildman–Crippen MR) is 589 cm³/mol. The maximum Gasteiger partial charge on any atom is 0.348 e. The highest BCUT2D eigenvalue weighted by Crippen LogP contribution is 2.46. The second-order valence-electron chi connectivity index (χ2n) is 35.9. The van der Waals surface area contributed by atoms with Crippen molar-refractivity contribution in [1.82, 2.24) is 0 Å². The van der Waals surface area contributed by atoms with Crippen LogP contribution in [0.4, 0.5) is 34.1 Å². The van der Waals surface area contributed by atoms with Crippen LogP contribution in [0.5, 0.6) is 23.0 Å². The second kappa shape index (κ2) is 50.1. The number of halogens is 1. The van der Waals surface area contributed by atoms with Crippen LogP contribution in [0.1, 0.15) is 189 Å². The molecule has 0 aliphatic heterocycles. The number of esters is 2. The van der Waals surface area contributed by atoms with Gasteiger partial charge >= 0.3 is 19.4 Å². The lowest BCUT2D eigenvalue weighted by atomic mass is 9.82. The number of thiophene rings is 4. The quantitative estimate of drug-likeness (QED) is 0.0222. The molecule has 16 rings (SSSR count). The Morgan fingerprint density at radius 1 is 0.326 bits per heavy atom. The molecule has 4 heterocycles. The van der Waals surface area contributed by atoms with Crippen molar-refractivity contribution in [3.63, 3.8) is 0 Å². The molecule has 0 aliphatic rings. The Bertz CT molecular complexity index is 6330. The number of carbonyl (C=O) groups excluding carboxylic acids is 2. The molecule has 18 heteroatoms. The van der Waals surface area contributed by atoms with Crippen molar-refractivity contribution >= 4 is 140 Å². The number of anilines is 6. The minimum absolute atomic E-state index is 0.275. The standard InChI is InChI=1S/C57H57NO4S2.C48H59BNO4.C15H11BrO2S2/c1-5-7-9-11-35-61-51-31-21-43(22-32-51)41-15-25-48(26-16-41)58(49-27-17-42(18-28-49)44-23-33-52(34-24-44)62-36-12-10-8-6-2)50-29-19-45(20-30-50)53-37-40(3)56(64-53)47-14-13-46-38-55(57(59)60-4)63-54(46)39-47;1-7-9-11-13-35-52-45-31-19-39(20-32-45)37-15-25-42(26-16-37)50(44-29-23-41(24-30-44)49-54-48(5,6)47(3,4)51)43-27-17-38(18-28-43)40-21-33-46(34-22-40)53-36-14-12-10-8-2;1-8-5-13(16)20-14(8)10-4-3-9-6-12(15(17)18-2)19-11(9)7-10/h13-34,37-39H,5-12,35-36H2,1-4H3;15-34,51H,7-14,35-36H2,1-6H3;3-7H,1-2H3. The zero-order valence-corrected chi connectivity index (χ0v) is 86.5. The Morgan fingerprint density at radius 2 is 0.601 bits per heavy atom. The summed E-state index contributed by atoms with van der Waals surface area (Å²) in [6, 6.07) is 107. The highest BCUT2D eigenvalue weighted by Gasteiger charge is 2.36. The summed E-state index contributed by atoms with van der Waals surface area (Å²) in [5.41, 5.74) is 20.7. The molecule has 0 unspecified atom stereocenters. The van der Waals surface area contributed by atoms with E-state index in [-0.39, 0.29) is 11.9 Å². The summed E-state index contributed by atoms with van der Waals surface area (Å²) >= 11 is 9.98. The van der Waals surface area contributed by atoms with Crippen molar-refractivity contribution < 1.29 is 47.8 Å². The summed E-state index contributed by atoms with van der Waals surface area (Å²) in [4.78, 5) is 33.3. The highest BCUT2D eigenvalue weighted by atomic mass is 79.9. The fraction of sp³-hybridized carbons (Fsp3) is 0.283. The minimum atomic E-state index is -0.994. The van der Waals surface area contributed by atoms with Gasteiger partial charge in [-0.15, -0.1) is 45.3 Å². The first-order chi connectivity index (χ1) is 67.1. The molecule has 0 aliphatic carbocycles. The SMILES string of the molecule is CCCCCCOc1ccc(-c2ccc(N(c3ccc(-c4ccc(OCCCCCC)cc4)cc3)c3ccc(-c4cc(C)c(-c5ccc6cc(C(=O)OC)sc6c5)s4)cc3)cc2)cc1.CCCCCCOc1ccc(-c2ccc(N(c3ccc([B]OC(C)(C)C(C)(C)O)cc3)c3ccc(-c4ccc(OCCCCCC)cc4)cc3)cc2)cc1.COC(=O)c1cc2ccc(-c3sc(Br)cc3C)cc2s1. The van der Waals surface area contributed by atoms with Crippen molar-refractivity contribution in [2.24, 2.45) is 0 Å². The molecule has 16 aromatic rings. The fourth-order valence-electron chi connectivity index (χ4n) is 16.2.